The highest BCUT2D eigenvalue weighted by Crippen LogP contribution is 2.20. The normalized spacial score (nSPS) is 15.0. The minimum Gasteiger partial charge on any atom is -0.331 e. The predicted octanol–water partition coefficient (Wildman–Crippen LogP) is 3.97. The molecule has 3 rings (SSSR count). The smallest absolute Gasteiger partial charge is 0.0958 e. The number of aromatic nitrogens is 2. The topological polar surface area (TPSA) is 29.9 Å². The molecule has 0 saturated heterocycles. The third-order valence-corrected chi connectivity index (χ3v) is 4.57. The molecule has 0 unspecified atom stereocenters. The van der Waals surface area contributed by atoms with E-state index in [1.54, 1.807) is 0 Å². The summed E-state index contributed by atoms with van der Waals surface area (Å²) in [5.41, 5.74) is 5.10. The average Bonchev–Trinajstić information content (AvgIpc) is 3.22. The molecule has 3 nitrogen and oxygen atoms in total. The predicted molar refractivity (Wildman–Crippen MR) is 88.7 cm³/mol. The van der Waals surface area contributed by atoms with E-state index in [9.17, 15) is 0 Å². The van der Waals surface area contributed by atoms with Gasteiger partial charge in [-0.2, -0.15) is 0 Å². The molecule has 1 aromatic heterocycles. The molecule has 114 valence electrons. The highest BCUT2D eigenvalue weighted by molar-refractivity contribution is 5.77. The minimum atomic E-state index is 0.856. The summed E-state index contributed by atoms with van der Waals surface area (Å²) in [5.74, 6) is 0. The molecule has 3 heteroatoms. The van der Waals surface area contributed by atoms with E-state index in [-0.39, 0.29) is 0 Å². The highest BCUT2D eigenvalue weighted by atomic mass is 15.0. The van der Waals surface area contributed by atoms with E-state index in [4.69, 9.17) is 0 Å². The number of nitrogens with one attached hydrogen (secondary N) is 1. The van der Waals surface area contributed by atoms with Gasteiger partial charge in [-0.15, -0.1) is 0 Å². The molecular weight excluding hydrogens is 258 g/mol. The van der Waals surface area contributed by atoms with Crippen LogP contribution in [0.15, 0.2) is 18.5 Å². The molecule has 1 aliphatic rings. The molecule has 1 aliphatic carbocycles. The van der Waals surface area contributed by atoms with Crippen molar-refractivity contribution in [2.45, 2.75) is 65.0 Å². The summed E-state index contributed by atoms with van der Waals surface area (Å²) in [6.45, 7) is 6.63. The fourth-order valence-corrected chi connectivity index (χ4v) is 2.85. The Morgan fingerprint density at radius 1 is 1.10 bits per heavy atom. The summed E-state index contributed by atoms with van der Waals surface area (Å²) in [4.78, 5) is 4.53. The van der Waals surface area contributed by atoms with Gasteiger partial charge >= 0.3 is 0 Å². The lowest BCUT2D eigenvalue weighted by Gasteiger charge is -2.06. The first-order chi connectivity index (χ1) is 10.2. The maximum Gasteiger partial charge on any atom is 0.0958 e. The Hall–Kier alpha value is -1.35. The molecule has 0 spiro atoms. The van der Waals surface area contributed by atoms with E-state index in [1.165, 1.54) is 61.7 Å². The zero-order valence-electron chi connectivity index (χ0n) is 13.4. The Labute approximate surface area is 127 Å². The number of unbranched alkanes of at least 4 members (excludes halogenated alkanes) is 3. The summed E-state index contributed by atoms with van der Waals surface area (Å²) < 4.78 is 2.31. The van der Waals surface area contributed by atoms with Gasteiger partial charge in [0.15, 0.2) is 0 Å². The van der Waals surface area contributed by atoms with Crippen molar-refractivity contribution in [2.75, 3.05) is 6.54 Å². The van der Waals surface area contributed by atoms with Crippen LogP contribution in [0.4, 0.5) is 0 Å². The number of rotatable bonds is 8. The highest BCUT2D eigenvalue weighted by Gasteiger charge is 2.19. The van der Waals surface area contributed by atoms with Crippen molar-refractivity contribution in [2.24, 2.45) is 0 Å². The lowest BCUT2D eigenvalue weighted by molar-refractivity contribution is 0.555. The van der Waals surface area contributed by atoms with Gasteiger partial charge in [-0.25, -0.2) is 4.98 Å². The Kier molecular flexibility index (Phi) is 4.59. The fourth-order valence-electron chi connectivity index (χ4n) is 2.85. The first-order valence-corrected chi connectivity index (χ1v) is 8.39. The molecule has 1 heterocycles. The molecular formula is C18H27N3. The van der Waals surface area contributed by atoms with E-state index < -0.39 is 0 Å². The molecule has 2 aromatic rings. The molecule has 1 fully saturated rings. The Balaban J connectivity index is 1.43. The number of hydrogen-bond donors (Lipinski definition) is 1. The van der Waals surface area contributed by atoms with Crippen molar-refractivity contribution in [3.8, 4) is 0 Å². The van der Waals surface area contributed by atoms with Crippen LogP contribution < -0.4 is 5.32 Å². The third kappa shape index (κ3) is 3.85. The van der Waals surface area contributed by atoms with Crippen LogP contribution in [0.5, 0.6) is 0 Å². The summed E-state index contributed by atoms with van der Waals surface area (Å²) in [5, 5.41) is 3.58. The number of hydrogen-bond acceptors (Lipinski definition) is 2. The van der Waals surface area contributed by atoms with Gasteiger partial charge in [0.05, 0.1) is 17.4 Å². The molecule has 1 N–H and O–H groups in total. The van der Waals surface area contributed by atoms with Crippen LogP contribution >= 0.6 is 0 Å². The summed E-state index contributed by atoms with van der Waals surface area (Å²) in [6.07, 6.45) is 10.0. The van der Waals surface area contributed by atoms with Crippen molar-refractivity contribution in [3.05, 3.63) is 29.6 Å². The van der Waals surface area contributed by atoms with E-state index in [1.807, 2.05) is 6.33 Å². The van der Waals surface area contributed by atoms with E-state index >= 15 is 0 Å². The zero-order chi connectivity index (χ0) is 14.7. The fraction of sp³-hybridized carbons (Fsp3) is 0.611. The zero-order valence-corrected chi connectivity index (χ0v) is 13.4. The van der Waals surface area contributed by atoms with Gasteiger partial charge in [0.2, 0.25) is 0 Å². The van der Waals surface area contributed by atoms with Crippen molar-refractivity contribution in [1.82, 2.24) is 14.9 Å². The van der Waals surface area contributed by atoms with E-state index in [0.717, 1.165) is 18.1 Å². The van der Waals surface area contributed by atoms with Gasteiger partial charge in [0, 0.05) is 12.6 Å². The van der Waals surface area contributed by atoms with Crippen LogP contribution in [0.3, 0.4) is 0 Å². The van der Waals surface area contributed by atoms with Crippen LogP contribution in [0.25, 0.3) is 11.0 Å². The van der Waals surface area contributed by atoms with Crippen LogP contribution in [0, 0.1) is 13.8 Å². The van der Waals surface area contributed by atoms with Crippen molar-refractivity contribution in [1.29, 1.82) is 0 Å². The molecule has 1 saturated carbocycles. The molecule has 1 aromatic carbocycles. The summed E-state index contributed by atoms with van der Waals surface area (Å²) >= 11 is 0. The largest absolute Gasteiger partial charge is 0.331 e. The van der Waals surface area contributed by atoms with Gasteiger partial charge in [-0.3, -0.25) is 0 Å². The van der Waals surface area contributed by atoms with Gasteiger partial charge in [-0.1, -0.05) is 12.8 Å². The first kappa shape index (κ1) is 14.6. The number of fused-ring (bicyclic) bond motifs is 1. The first-order valence-electron chi connectivity index (χ1n) is 8.39. The van der Waals surface area contributed by atoms with Crippen LogP contribution in [0.2, 0.25) is 0 Å². The molecule has 21 heavy (non-hydrogen) atoms. The lowest BCUT2D eigenvalue weighted by atomic mass is 10.1. The average molecular weight is 285 g/mol. The Morgan fingerprint density at radius 2 is 1.86 bits per heavy atom. The van der Waals surface area contributed by atoms with E-state index in [2.05, 4.69) is 40.8 Å². The molecule has 0 atom stereocenters. The Bertz CT molecular complexity index is 596. The number of imidazole rings is 1. The quantitative estimate of drug-likeness (QED) is 0.744. The maximum absolute atomic E-state index is 4.53. The van der Waals surface area contributed by atoms with Gasteiger partial charge in [-0.05, 0) is 69.3 Å². The van der Waals surface area contributed by atoms with Gasteiger partial charge < -0.3 is 9.88 Å². The van der Waals surface area contributed by atoms with Crippen molar-refractivity contribution >= 4 is 11.0 Å². The third-order valence-electron chi connectivity index (χ3n) is 4.57. The summed E-state index contributed by atoms with van der Waals surface area (Å²) in [7, 11) is 0. The number of aryl methyl sites for hydroxylation is 3. The van der Waals surface area contributed by atoms with Gasteiger partial charge in [0.1, 0.15) is 0 Å². The second-order valence-electron chi connectivity index (χ2n) is 6.51. The molecule has 0 radical (unpaired) electrons. The van der Waals surface area contributed by atoms with Crippen molar-refractivity contribution < 1.29 is 0 Å². The maximum atomic E-state index is 4.53. The van der Waals surface area contributed by atoms with Gasteiger partial charge in [0.25, 0.3) is 0 Å². The molecule has 0 bridgehead atoms. The minimum absolute atomic E-state index is 0.856. The SMILES string of the molecule is Cc1cc2ncn(CCCCCCNC3CC3)c2cc1C. The van der Waals surface area contributed by atoms with Crippen LogP contribution in [-0.2, 0) is 6.54 Å². The second-order valence-corrected chi connectivity index (χ2v) is 6.51. The Morgan fingerprint density at radius 3 is 2.67 bits per heavy atom. The second kappa shape index (κ2) is 6.61. The lowest BCUT2D eigenvalue weighted by Crippen LogP contribution is -2.17. The standard InChI is InChI=1S/C18H27N3/c1-14-11-17-18(12-15(14)2)21(13-20-17)10-6-4-3-5-9-19-16-7-8-16/h11-13,16,19H,3-10H2,1-2H3. The molecule has 0 aliphatic heterocycles. The number of nitrogens with zero attached hydrogens (tertiary/aromatic N) is 2. The number of benzene rings is 1. The van der Waals surface area contributed by atoms with E-state index in [0.29, 0.717) is 0 Å². The van der Waals surface area contributed by atoms with Crippen LogP contribution in [-0.4, -0.2) is 22.1 Å². The monoisotopic (exact) mass is 285 g/mol. The molecule has 0 amide bonds. The van der Waals surface area contributed by atoms with Crippen LogP contribution in [0.1, 0.15) is 49.7 Å². The summed E-state index contributed by atoms with van der Waals surface area (Å²) in [6, 6.07) is 5.33. The van der Waals surface area contributed by atoms with Crippen molar-refractivity contribution in [3.63, 3.8) is 0 Å².